The molecule has 124 valence electrons. The summed E-state index contributed by atoms with van der Waals surface area (Å²) < 4.78 is 28.7. The Morgan fingerprint density at radius 2 is 2.00 bits per heavy atom. The zero-order valence-electron chi connectivity index (χ0n) is 12.6. The zero-order valence-corrected chi connectivity index (χ0v) is 12.6. The number of hydrogen-bond acceptors (Lipinski definition) is 6. The van der Waals surface area contributed by atoms with E-state index in [0.29, 0.717) is 11.1 Å². The topological polar surface area (TPSA) is 111 Å². The summed E-state index contributed by atoms with van der Waals surface area (Å²) in [5.74, 6) is -1.77. The number of nitrogens with zero attached hydrogens (tertiary/aromatic N) is 6. The van der Waals surface area contributed by atoms with Crippen LogP contribution in [-0.2, 0) is 0 Å². The maximum absolute atomic E-state index is 14.1. The van der Waals surface area contributed by atoms with Crippen LogP contribution in [0.15, 0.2) is 42.9 Å². The monoisotopic (exact) mass is 340 g/mol. The van der Waals surface area contributed by atoms with Crippen molar-refractivity contribution in [1.82, 2.24) is 35.4 Å². The van der Waals surface area contributed by atoms with Gasteiger partial charge < -0.3 is 5.73 Å². The smallest absolute Gasteiger partial charge is 0.190 e. The number of benzene rings is 1. The van der Waals surface area contributed by atoms with Crippen molar-refractivity contribution in [3.05, 3.63) is 54.5 Å². The van der Waals surface area contributed by atoms with Gasteiger partial charge in [-0.25, -0.2) is 13.8 Å². The van der Waals surface area contributed by atoms with Crippen molar-refractivity contribution in [2.45, 2.75) is 0 Å². The van der Waals surface area contributed by atoms with Crippen molar-refractivity contribution in [3.8, 4) is 28.2 Å². The summed E-state index contributed by atoms with van der Waals surface area (Å²) >= 11 is 0. The second kappa shape index (κ2) is 5.74. The number of tetrazole rings is 1. The molecule has 0 aliphatic carbocycles. The third-order valence-corrected chi connectivity index (χ3v) is 3.62. The van der Waals surface area contributed by atoms with E-state index in [4.69, 9.17) is 5.73 Å². The lowest BCUT2D eigenvalue weighted by Crippen LogP contribution is -2.06. The molecule has 0 saturated carbocycles. The van der Waals surface area contributed by atoms with Gasteiger partial charge >= 0.3 is 0 Å². The van der Waals surface area contributed by atoms with Crippen molar-refractivity contribution in [3.63, 3.8) is 0 Å². The lowest BCUT2D eigenvalue weighted by Gasteiger charge is -2.09. The Morgan fingerprint density at radius 3 is 2.80 bits per heavy atom. The van der Waals surface area contributed by atoms with Crippen LogP contribution in [-0.4, -0.2) is 35.4 Å². The first-order valence-corrected chi connectivity index (χ1v) is 7.13. The second-order valence-electron chi connectivity index (χ2n) is 5.13. The molecule has 10 heteroatoms. The van der Waals surface area contributed by atoms with Gasteiger partial charge in [0.15, 0.2) is 17.5 Å². The van der Waals surface area contributed by atoms with Gasteiger partial charge in [-0.05, 0) is 28.6 Å². The normalized spacial score (nSPS) is 11.0. The molecule has 0 aliphatic rings. The number of aromatic nitrogens is 7. The highest BCUT2D eigenvalue weighted by atomic mass is 19.2. The number of nitrogens with two attached hydrogens (primary N) is 1. The third-order valence-electron chi connectivity index (χ3n) is 3.62. The van der Waals surface area contributed by atoms with Gasteiger partial charge in [-0.15, -0.1) is 5.10 Å². The van der Waals surface area contributed by atoms with Crippen molar-refractivity contribution in [1.29, 1.82) is 0 Å². The molecular weight excluding hydrogens is 330 g/mol. The highest BCUT2D eigenvalue weighted by Gasteiger charge is 2.19. The molecule has 1 aromatic carbocycles. The molecule has 0 spiro atoms. The average molecular weight is 340 g/mol. The first-order chi connectivity index (χ1) is 12.1. The summed E-state index contributed by atoms with van der Waals surface area (Å²) in [6, 6.07) is 5.44. The zero-order chi connectivity index (χ0) is 17.4. The van der Waals surface area contributed by atoms with E-state index >= 15 is 0 Å². The lowest BCUT2D eigenvalue weighted by molar-refractivity contribution is 0.501. The van der Waals surface area contributed by atoms with Gasteiger partial charge in [-0.1, -0.05) is 6.07 Å². The Labute approximate surface area is 139 Å². The molecule has 3 N–H and O–H groups in total. The van der Waals surface area contributed by atoms with Crippen LogP contribution in [0.2, 0.25) is 0 Å². The first kappa shape index (κ1) is 14.9. The van der Waals surface area contributed by atoms with Crippen LogP contribution in [0.1, 0.15) is 0 Å². The molecule has 0 radical (unpaired) electrons. The van der Waals surface area contributed by atoms with E-state index in [1.165, 1.54) is 12.1 Å². The van der Waals surface area contributed by atoms with Crippen molar-refractivity contribution >= 4 is 5.82 Å². The maximum atomic E-state index is 14.1. The van der Waals surface area contributed by atoms with Gasteiger partial charge in [0, 0.05) is 23.5 Å². The van der Waals surface area contributed by atoms with Crippen molar-refractivity contribution < 1.29 is 8.78 Å². The summed E-state index contributed by atoms with van der Waals surface area (Å²) in [5.41, 5.74) is 7.69. The summed E-state index contributed by atoms with van der Waals surface area (Å²) in [6.07, 6.45) is 4.87. The first-order valence-electron chi connectivity index (χ1n) is 7.13. The number of aromatic amines is 1. The number of halogens is 2. The Kier molecular flexibility index (Phi) is 3.42. The largest absolute Gasteiger partial charge is 0.383 e. The van der Waals surface area contributed by atoms with Crippen LogP contribution >= 0.6 is 0 Å². The Bertz CT molecular complexity index is 1040. The van der Waals surface area contributed by atoms with E-state index in [-0.39, 0.29) is 17.3 Å². The quantitative estimate of drug-likeness (QED) is 0.590. The highest BCUT2D eigenvalue weighted by molar-refractivity contribution is 5.76. The van der Waals surface area contributed by atoms with Crippen LogP contribution in [0.25, 0.3) is 28.2 Å². The molecule has 0 aliphatic heterocycles. The van der Waals surface area contributed by atoms with E-state index in [1.54, 1.807) is 24.7 Å². The number of pyridine rings is 1. The highest BCUT2D eigenvalue weighted by Crippen LogP contribution is 2.29. The van der Waals surface area contributed by atoms with E-state index in [1.807, 2.05) is 0 Å². The molecule has 25 heavy (non-hydrogen) atoms. The second-order valence-corrected chi connectivity index (χ2v) is 5.13. The molecular formula is C15H10F2N8. The van der Waals surface area contributed by atoms with Crippen LogP contribution in [0, 0.1) is 11.6 Å². The van der Waals surface area contributed by atoms with E-state index < -0.39 is 11.6 Å². The van der Waals surface area contributed by atoms with Crippen LogP contribution in [0.3, 0.4) is 0 Å². The predicted octanol–water partition coefficient (Wildman–Crippen LogP) is 1.97. The number of H-pyrrole nitrogens is 1. The third kappa shape index (κ3) is 2.49. The summed E-state index contributed by atoms with van der Waals surface area (Å²) in [7, 11) is 0. The van der Waals surface area contributed by atoms with Gasteiger partial charge in [-0.3, -0.25) is 5.10 Å². The van der Waals surface area contributed by atoms with E-state index in [0.717, 1.165) is 16.3 Å². The number of rotatable bonds is 3. The Hall–Kier alpha value is -3.69. The van der Waals surface area contributed by atoms with Crippen LogP contribution in [0.5, 0.6) is 0 Å². The average Bonchev–Trinajstić information content (AvgIpc) is 3.29. The van der Waals surface area contributed by atoms with Gasteiger partial charge in [-0.2, -0.15) is 9.78 Å². The fraction of sp³-hybridized carbons (Fsp3) is 0. The molecule has 3 heterocycles. The number of nitrogens with one attached hydrogen (secondary N) is 1. The molecule has 0 amide bonds. The number of anilines is 1. The molecule has 8 nitrogen and oxygen atoms in total. The summed E-state index contributed by atoms with van der Waals surface area (Å²) in [6.45, 7) is 0. The van der Waals surface area contributed by atoms with Gasteiger partial charge in [0.25, 0.3) is 0 Å². The SMILES string of the molecule is Nc1ncc(-c2cn[nH]c2)cc1-c1nnnn1-c1cccc(F)c1F. The van der Waals surface area contributed by atoms with Crippen molar-refractivity contribution in [2.24, 2.45) is 0 Å². The molecule has 0 atom stereocenters. The molecule has 0 bridgehead atoms. The molecule has 0 fully saturated rings. The number of nitrogen functional groups attached to an aromatic ring is 1. The lowest BCUT2D eigenvalue weighted by atomic mass is 10.1. The minimum absolute atomic E-state index is 0.131. The molecule has 0 unspecified atom stereocenters. The number of hydrogen-bond donors (Lipinski definition) is 2. The van der Waals surface area contributed by atoms with Gasteiger partial charge in [0.1, 0.15) is 11.5 Å². The summed E-state index contributed by atoms with van der Waals surface area (Å²) in [5, 5.41) is 17.8. The molecule has 0 saturated heterocycles. The minimum Gasteiger partial charge on any atom is -0.383 e. The molecule has 3 aromatic heterocycles. The van der Waals surface area contributed by atoms with Crippen LogP contribution < -0.4 is 5.73 Å². The molecule has 4 rings (SSSR count). The Morgan fingerprint density at radius 1 is 1.12 bits per heavy atom. The molecule has 4 aromatic rings. The fourth-order valence-corrected chi connectivity index (χ4v) is 2.39. The summed E-state index contributed by atoms with van der Waals surface area (Å²) in [4.78, 5) is 4.13. The Balaban J connectivity index is 1.89. The minimum atomic E-state index is -1.06. The van der Waals surface area contributed by atoms with E-state index in [9.17, 15) is 8.78 Å². The predicted molar refractivity (Wildman–Crippen MR) is 84.3 cm³/mol. The van der Waals surface area contributed by atoms with Crippen LogP contribution in [0.4, 0.5) is 14.6 Å². The maximum Gasteiger partial charge on any atom is 0.190 e. The van der Waals surface area contributed by atoms with E-state index in [2.05, 4.69) is 30.7 Å². The van der Waals surface area contributed by atoms with Crippen molar-refractivity contribution in [2.75, 3.05) is 5.73 Å². The van der Waals surface area contributed by atoms with Gasteiger partial charge in [0.05, 0.1) is 11.8 Å². The fourth-order valence-electron chi connectivity index (χ4n) is 2.39. The standard InChI is InChI=1S/C15H10F2N8/c16-11-2-1-3-12(13(11)17)25-15(22-23-24-25)10-4-8(5-19-14(10)18)9-6-20-21-7-9/h1-7H,(H2,18,19)(H,20,21). The van der Waals surface area contributed by atoms with Gasteiger partial charge in [0.2, 0.25) is 0 Å².